The molecular weight excluding hydrogens is 158 g/mol. The van der Waals surface area contributed by atoms with Gasteiger partial charge in [0.05, 0.1) is 0 Å². The maximum atomic E-state index is 6.86. The van der Waals surface area contributed by atoms with E-state index in [4.69, 9.17) is 5.41 Å². The molecule has 0 saturated carbocycles. The zero-order chi connectivity index (χ0) is 9.78. The van der Waals surface area contributed by atoms with E-state index in [1.807, 2.05) is 6.08 Å². The van der Waals surface area contributed by atoms with Crippen molar-refractivity contribution in [3.8, 4) is 0 Å². The van der Waals surface area contributed by atoms with Crippen molar-refractivity contribution < 1.29 is 0 Å². The van der Waals surface area contributed by atoms with E-state index in [0.717, 1.165) is 6.42 Å². The average molecular weight is 181 g/mol. The Morgan fingerprint density at radius 3 is 1.69 bits per heavy atom. The summed E-state index contributed by atoms with van der Waals surface area (Å²) in [6.07, 6.45) is 14.9. The van der Waals surface area contributed by atoms with Gasteiger partial charge < -0.3 is 5.41 Å². The van der Waals surface area contributed by atoms with Gasteiger partial charge in [-0.3, -0.25) is 0 Å². The van der Waals surface area contributed by atoms with Gasteiger partial charge in [-0.1, -0.05) is 38.2 Å². The maximum absolute atomic E-state index is 6.86. The molecule has 0 amide bonds. The van der Waals surface area contributed by atoms with E-state index in [1.165, 1.54) is 57.6 Å². The molecule has 0 rings (SSSR count). The lowest BCUT2D eigenvalue weighted by Gasteiger charge is -1.99. The third-order valence-electron chi connectivity index (χ3n) is 2.26. The summed E-state index contributed by atoms with van der Waals surface area (Å²) in [5.74, 6) is 0. The first-order valence-electron chi connectivity index (χ1n) is 5.51. The van der Waals surface area contributed by atoms with Crippen LogP contribution in [0.1, 0.15) is 57.8 Å². The first-order chi connectivity index (χ1) is 6.41. The fourth-order valence-corrected chi connectivity index (χ4v) is 1.42. The van der Waals surface area contributed by atoms with Crippen LogP contribution in [0.5, 0.6) is 0 Å². The van der Waals surface area contributed by atoms with E-state index in [0.29, 0.717) is 0 Å². The quantitative estimate of drug-likeness (QED) is 0.294. The van der Waals surface area contributed by atoms with Gasteiger partial charge in [0, 0.05) is 0 Å². The lowest BCUT2D eigenvalue weighted by Crippen LogP contribution is -1.81. The van der Waals surface area contributed by atoms with Crippen LogP contribution in [-0.2, 0) is 0 Å². The Kier molecular flexibility index (Phi) is 10.9. The van der Waals surface area contributed by atoms with E-state index >= 15 is 0 Å². The second kappa shape index (κ2) is 11.4. The number of rotatable bonds is 10. The highest BCUT2D eigenvalue weighted by Gasteiger charge is 1.90. The molecule has 0 spiro atoms. The average Bonchev–Trinajstić information content (AvgIpc) is 2.16. The second-order valence-electron chi connectivity index (χ2n) is 3.55. The van der Waals surface area contributed by atoms with Crippen LogP contribution in [0.25, 0.3) is 0 Å². The molecule has 0 bridgehead atoms. The van der Waals surface area contributed by atoms with Crippen molar-refractivity contribution in [3.05, 3.63) is 12.7 Å². The molecule has 76 valence electrons. The van der Waals surface area contributed by atoms with Gasteiger partial charge in [-0.2, -0.15) is 0 Å². The van der Waals surface area contributed by atoms with Crippen molar-refractivity contribution in [2.45, 2.75) is 57.8 Å². The minimum atomic E-state index is 0.969. The first-order valence-corrected chi connectivity index (χ1v) is 5.51. The van der Waals surface area contributed by atoms with E-state index in [9.17, 15) is 0 Å². The monoisotopic (exact) mass is 181 g/mol. The minimum absolute atomic E-state index is 0.969. The summed E-state index contributed by atoms with van der Waals surface area (Å²) in [4.78, 5) is 0. The molecule has 0 aromatic rings. The first kappa shape index (κ1) is 12.4. The molecule has 0 aliphatic heterocycles. The molecule has 0 atom stereocenters. The molecule has 0 unspecified atom stereocenters. The van der Waals surface area contributed by atoms with Crippen LogP contribution in [0.2, 0.25) is 0 Å². The van der Waals surface area contributed by atoms with Crippen LogP contribution in [0, 0.1) is 5.41 Å². The fraction of sp³-hybridized carbons (Fsp3) is 0.750. The number of hydrogen-bond acceptors (Lipinski definition) is 1. The molecular formula is C12H23N. The Morgan fingerprint density at radius 1 is 0.769 bits per heavy atom. The molecule has 0 radical (unpaired) electrons. The van der Waals surface area contributed by atoms with Gasteiger partial charge in [-0.15, -0.1) is 6.58 Å². The molecule has 0 aromatic carbocycles. The van der Waals surface area contributed by atoms with Crippen LogP contribution >= 0.6 is 0 Å². The highest BCUT2D eigenvalue weighted by atomic mass is 14.3. The van der Waals surface area contributed by atoms with Gasteiger partial charge in [0.25, 0.3) is 0 Å². The van der Waals surface area contributed by atoms with Crippen LogP contribution in [0.15, 0.2) is 12.7 Å². The van der Waals surface area contributed by atoms with Gasteiger partial charge >= 0.3 is 0 Å². The van der Waals surface area contributed by atoms with Crippen molar-refractivity contribution in [3.63, 3.8) is 0 Å². The summed E-state index contributed by atoms with van der Waals surface area (Å²) < 4.78 is 0. The van der Waals surface area contributed by atoms with E-state index < -0.39 is 0 Å². The SMILES string of the molecule is C=CCCCCCCCCCC=N. The second-order valence-corrected chi connectivity index (χ2v) is 3.55. The Balaban J connectivity index is 2.83. The minimum Gasteiger partial charge on any atom is -0.313 e. The highest BCUT2D eigenvalue weighted by Crippen LogP contribution is 2.09. The van der Waals surface area contributed by atoms with Crippen LogP contribution in [0.4, 0.5) is 0 Å². The van der Waals surface area contributed by atoms with Gasteiger partial charge in [0.15, 0.2) is 0 Å². The van der Waals surface area contributed by atoms with Gasteiger partial charge in [0.1, 0.15) is 0 Å². The molecule has 0 fully saturated rings. The summed E-state index contributed by atoms with van der Waals surface area (Å²) in [6.45, 7) is 3.71. The van der Waals surface area contributed by atoms with E-state index in [2.05, 4.69) is 6.58 Å². The highest BCUT2D eigenvalue weighted by molar-refractivity contribution is 5.52. The predicted molar refractivity (Wildman–Crippen MR) is 60.5 cm³/mol. The molecule has 0 aliphatic rings. The molecule has 0 aliphatic carbocycles. The number of allylic oxidation sites excluding steroid dienone is 1. The summed E-state index contributed by atoms with van der Waals surface area (Å²) in [7, 11) is 0. The zero-order valence-electron chi connectivity index (χ0n) is 8.73. The van der Waals surface area contributed by atoms with Crippen molar-refractivity contribution in [2.24, 2.45) is 0 Å². The maximum Gasteiger partial charge on any atom is -0.00477 e. The van der Waals surface area contributed by atoms with Crippen molar-refractivity contribution in [1.82, 2.24) is 0 Å². The standard InChI is InChI=1S/C12H23N/c1-2-3-4-5-6-7-8-9-10-11-12-13/h2,12-13H,1,3-11H2. The zero-order valence-corrected chi connectivity index (χ0v) is 8.73. The molecule has 0 heterocycles. The summed E-state index contributed by atoms with van der Waals surface area (Å²) >= 11 is 0. The molecule has 1 N–H and O–H groups in total. The van der Waals surface area contributed by atoms with E-state index in [-0.39, 0.29) is 0 Å². The van der Waals surface area contributed by atoms with Crippen LogP contribution < -0.4 is 0 Å². The van der Waals surface area contributed by atoms with Crippen LogP contribution in [-0.4, -0.2) is 6.21 Å². The van der Waals surface area contributed by atoms with Crippen LogP contribution in [0.3, 0.4) is 0 Å². The fourth-order valence-electron chi connectivity index (χ4n) is 1.42. The van der Waals surface area contributed by atoms with Crippen molar-refractivity contribution in [1.29, 1.82) is 5.41 Å². The van der Waals surface area contributed by atoms with Gasteiger partial charge in [-0.25, -0.2) is 0 Å². The Morgan fingerprint density at radius 2 is 1.23 bits per heavy atom. The summed E-state index contributed by atoms with van der Waals surface area (Å²) in [6, 6.07) is 0. The number of nitrogens with one attached hydrogen (secondary N) is 1. The smallest absolute Gasteiger partial charge is 0.00477 e. The lowest BCUT2D eigenvalue weighted by atomic mass is 10.1. The molecule has 13 heavy (non-hydrogen) atoms. The molecule has 0 saturated heterocycles. The topological polar surface area (TPSA) is 23.9 Å². The van der Waals surface area contributed by atoms with Gasteiger partial charge in [0.2, 0.25) is 0 Å². The Bertz CT molecular complexity index is 104. The molecule has 0 aromatic heterocycles. The Hall–Kier alpha value is -0.590. The molecule has 1 nitrogen and oxygen atoms in total. The van der Waals surface area contributed by atoms with Crippen molar-refractivity contribution in [2.75, 3.05) is 0 Å². The summed E-state index contributed by atoms with van der Waals surface area (Å²) in [5.41, 5.74) is 0. The van der Waals surface area contributed by atoms with E-state index in [1.54, 1.807) is 0 Å². The third-order valence-corrected chi connectivity index (χ3v) is 2.26. The molecule has 1 heteroatoms. The van der Waals surface area contributed by atoms with Crippen molar-refractivity contribution >= 4 is 6.21 Å². The normalized spacial score (nSPS) is 9.85. The largest absolute Gasteiger partial charge is 0.313 e. The lowest BCUT2D eigenvalue weighted by molar-refractivity contribution is 0.587. The predicted octanol–water partition coefficient (Wildman–Crippen LogP) is 4.33. The number of unbranched alkanes of at least 4 members (excludes halogenated alkanes) is 8. The Labute approximate surface area is 82.7 Å². The number of hydrogen-bond donors (Lipinski definition) is 1. The third kappa shape index (κ3) is 11.4. The van der Waals surface area contributed by atoms with Gasteiger partial charge in [-0.05, 0) is 31.9 Å². The summed E-state index contributed by atoms with van der Waals surface area (Å²) in [5, 5.41) is 6.86.